The molecule has 6 rings (SSSR count). The van der Waals surface area contributed by atoms with E-state index in [-0.39, 0.29) is 16.2 Å². The zero-order valence-electron chi connectivity index (χ0n) is 19.8. The Morgan fingerprint density at radius 2 is 1.76 bits per heavy atom. The van der Waals surface area contributed by atoms with Gasteiger partial charge in [0.15, 0.2) is 5.16 Å². The molecule has 192 valence electrons. The number of hydrogen-bond acceptors (Lipinski definition) is 7. The number of carbonyl (C=O) groups excluding carboxylic acids is 1. The Hall–Kier alpha value is -3.18. The minimum absolute atomic E-state index is 0.0717. The van der Waals surface area contributed by atoms with Crippen LogP contribution in [0.4, 0.5) is 0 Å². The molecule has 0 spiro atoms. The molecule has 0 aliphatic heterocycles. The molecule has 0 unspecified atom stereocenters. The SMILES string of the molecule is O=C(CSc1nc2sccc2c(=O)n1-c1ccc(C2CC2)c2ccccc12)NS(=O)(=O)c1ccc(Cl)cc1. The van der Waals surface area contributed by atoms with Crippen molar-refractivity contribution in [2.75, 3.05) is 5.75 Å². The van der Waals surface area contributed by atoms with Crippen molar-refractivity contribution >= 4 is 71.6 Å². The standard InChI is InChI=1S/C27H20ClN3O4S3/c28-17-7-9-18(10-8-17)38(34,35)30-24(32)15-37-27-29-25-22(13-14-36-25)26(33)31(27)23-12-11-19(16-5-6-16)20-3-1-2-4-21(20)23/h1-4,7-14,16H,5-6,15H2,(H,30,32). The number of nitrogens with one attached hydrogen (secondary N) is 1. The van der Waals surface area contributed by atoms with Crippen molar-refractivity contribution in [3.63, 3.8) is 0 Å². The molecule has 2 aromatic heterocycles. The van der Waals surface area contributed by atoms with E-state index >= 15 is 0 Å². The van der Waals surface area contributed by atoms with E-state index in [1.165, 1.54) is 45.7 Å². The van der Waals surface area contributed by atoms with E-state index in [4.69, 9.17) is 11.6 Å². The predicted molar refractivity (Wildman–Crippen MR) is 152 cm³/mol. The number of amides is 1. The summed E-state index contributed by atoms with van der Waals surface area (Å²) in [6.07, 6.45) is 2.31. The first-order chi connectivity index (χ1) is 18.3. The van der Waals surface area contributed by atoms with E-state index < -0.39 is 15.9 Å². The number of thiophene rings is 1. The van der Waals surface area contributed by atoms with Crippen LogP contribution in [0, 0.1) is 0 Å². The van der Waals surface area contributed by atoms with Crippen molar-refractivity contribution in [1.82, 2.24) is 14.3 Å². The Labute approximate surface area is 231 Å². The monoisotopic (exact) mass is 581 g/mol. The van der Waals surface area contributed by atoms with E-state index in [9.17, 15) is 18.0 Å². The molecule has 1 aliphatic carbocycles. The molecule has 2 heterocycles. The van der Waals surface area contributed by atoms with Crippen LogP contribution in [0.5, 0.6) is 0 Å². The molecule has 1 amide bonds. The molecular formula is C27H20ClN3O4S3. The fraction of sp³-hybridized carbons (Fsp3) is 0.148. The number of fused-ring (bicyclic) bond motifs is 2. The normalized spacial score (nSPS) is 13.7. The van der Waals surface area contributed by atoms with Gasteiger partial charge in [0.1, 0.15) is 4.83 Å². The van der Waals surface area contributed by atoms with Crippen LogP contribution in [-0.4, -0.2) is 29.6 Å². The van der Waals surface area contributed by atoms with Crippen LogP contribution >= 0.6 is 34.7 Å². The van der Waals surface area contributed by atoms with Gasteiger partial charge in [-0.25, -0.2) is 18.1 Å². The summed E-state index contributed by atoms with van der Waals surface area (Å²) in [7, 11) is -4.07. The smallest absolute Gasteiger partial charge is 0.267 e. The zero-order chi connectivity index (χ0) is 26.4. The lowest BCUT2D eigenvalue weighted by Gasteiger charge is -2.16. The first-order valence-electron chi connectivity index (χ1n) is 11.8. The van der Waals surface area contributed by atoms with Crippen molar-refractivity contribution in [3.8, 4) is 5.69 Å². The average Bonchev–Trinajstić information content (AvgIpc) is 3.63. The first-order valence-corrected chi connectivity index (χ1v) is 15.5. The van der Waals surface area contributed by atoms with E-state index in [0.717, 1.165) is 35.4 Å². The number of rotatable bonds is 7. The molecule has 3 aromatic carbocycles. The van der Waals surface area contributed by atoms with Gasteiger partial charge < -0.3 is 0 Å². The molecule has 0 radical (unpaired) electrons. The molecule has 7 nitrogen and oxygen atoms in total. The Bertz CT molecular complexity index is 1880. The van der Waals surface area contributed by atoms with Crippen molar-refractivity contribution in [1.29, 1.82) is 0 Å². The van der Waals surface area contributed by atoms with Gasteiger partial charge in [-0.15, -0.1) is 11.3 Å². The molecule has 0 atom stereocenters. The molecule has 0 bridgehead atoms. The van der Waals surface area contributed by atoms with Crippen molar-refractivity contribution in [2.24, 2.45) is 0 Å². The lowest BCUT2D eigenvalue weighted by Crippen LogP contribution is -2.32. The number of carbonyl (C=O) groups is 1. The third-order valence-corrected chi connectivity index (χ3v) is 9.75. The van der Waals surface area contributed by atoms with E-state index in [1.807, 2.05) is 24.3 Å². The Balaban J connectivity index is 1.37. The predicted octanol–water partition coefficient (Wildman–Crippen LogP) is 5.73. The summed E-state index contributed by atoms with van der Waals surface area (Å²) in [5.41, 5.74) is 1.70. The molecule has 1 fully saturated rings. The maximum Gasteiger partial charge on any atom is 0.267 e. The number of benzene rings is 3. The lowest BCUT2D eigenvalue weighted by molar-refractivity contribution is -0.116. The molecule has 1 saturated carbocycles. The first kappa shape index (κ1) is 25.1. The molecular weight excluding hydrogens is 562 g/mol. The maximum absolute atomic E-state index is 13.7. The minimum atomic E-state index is -4.07. The number of nitrogens with zero attached hydrogens (tertiary/aromatic N) is 2. The maximum atomic E-state index is 13.7. The van der Waals surface area contributed by atoms with Gasteiger partial charge in [0.25, 0.3) is 15.6 Å². The molecule has 0 saturated heterocycles. The third kappa shape index (κ3) is 4.73. The summed E-state index contributed by atoms with van der Waals surface area (Å²) in [4.78, 5) is 31.6. The van der Waals surface area contributed by atoms with Gasteiger partial charge in [0, 0.05) is 10.4 Å². The number of aromatic nitrogens is 2. The topological polar surface area (TPSA) is 98.1 Å². The highest BCUT2D eigenvalue weighted by molar-refractivity contribution is 8.00. The van der Waals surface area contributed by atoms with Crippen molar-refractivity contribution in [3.05, 3.63) is 93.0 Å². The average molecular weight is 582 g/mol. The third-order valence-electron chi connectivity index (χ3n) is 6.36. The quantitative estimate of drug-likeness (QED) is 0.195. The molecule has 5 aromatic rings. The van der Waals surface area contributed by atoms with Crippen LogP contribution in [0.1, 0.15) is 24.3 Å². The number of hydrogen-bond donors (Lipinski definition) is 1. The van der Waals surface area contributed by atoms with Crippen LogP contribution in [0.2, 0.25) is 5.02 Å². The molecule has 38 heavy (non-hydrogen) atoms. The van der Waals surface area contributed by atoms with E-state index in [0.29, 0.717) is 32.0 Å². The fourth-order valence-corrected chi connectivity index (χ4v) is 7.25. The number of sulfonamides is 1. The van der Waals surface area contributed by atoms with Gasteiger partial charge in [0.05, 0.1) is 21.7 Å². The van der Waals surface area contributed by atoms with Crippen LogP contribution in [-0.2, 0) is 14.8 Å². The summed E-state index contributed by atoms with van der Waals surface area (Å²) in [6, 6.07) is 19.2. The van der Waals surface area contributed by atoms with Crippen LogP contribution in [0.3, 0.4) is 0 Å². The number of halogens is 1. The highest BCUT2D eigenvalue weighted by Crippen LogP contribution is 2.44. The molecule has 1 N–H and O–H groups in total. The minimum Gasteiger partial charge on any atom is -0.273 e. The summed E-state index contributed by atoms with van der Waals surface area (Å²) >= 11 is 8.19. The van der Waals surface area contributed by atoms with Gasteiger partial charge in [-0.3, -0.25) is 14.2 Å². The Kier molecular flexibility index (Phi) is 6.51. The van der Waals surface area contributed by atoms with E-state index in [1.54, 1.807) is 11.4 Å². The summed E-state index contributed by atoms with van der Waals surface area (Å²) < 4.78 is 28.9. The second-order valence-electron chi connectivity index (χ2n) is 8.94. The Morgan fingerprint density at radius 1 is 1.03 bits per heavy atom. The second-order valence-corrected chi connectivity index (χ2v) is 12.9. The highest BCUT2D eigenvalue weighted by Gasteiger charge is 2.27. The van der Waals surface area contributed by atoms with Crippen LogP contribution < -0.4 is 10.3 Å². The summed E-state index contributed by atoms with van der Waals surface area (Å²) in [5.74, 6) is -0.455. The summed E-state index contributed by atoms with van der Waals surface area (Å²) in [6.45, 7) is 0. The van der Waals surface area contributed by atoms with E-state index in [2.05, 4.69) is 21.8 Å². The molecule has 11 heteroatoms. The summed E-state index contributed by atoms with van der Waals surface area (Å²) in [5, 5.41) is 5.01. The van der Waals surface area contributed by atoms with Crippen LogP contribution in [0.25, 0.3) is 26.7 Å². The van der Waals surface area contributed by atoms with Gasteiger partial charge >= 0.3 is 0 Å². The largest absolute Gasteiger partial charge is 0.273 e. The fourth-order valence-electron chi connectivity index (χ4n) is 4.44. The Morgan fingerprint density at radius 3 is 2.50 bits per heavy atom. The van der Waals surface area contributed by atoms with Gasteiger partial charge in [-0.05, 0) is 71.5 Å². The van der Waals surface area contributed by atoms with Crippen molar-refractivity contribution in [2.45, 2.75) is 28.8 Å². The molecule has 1 aliphatic rings. The highest BCUT2D eigenvalue weighted by atomic mass is 35.5. The van der Waals surface area contributed by atoms with Gasteiger partial charge in [-0.1, -0.05) is 53.7 Å². The van der Waals surface area contributed by atoms with Crippen LogP contribution in [0.15, 0.2) is 87.0 Å². The lowest BCUT2D eigenvalue weighted by atomic mass is 9.99. The van der Waals surface area contributed by atoms with Crippen molar-refractivity contribution < 1.29 is 13.2 Å². The van der Waals surface area contributed by atoms with Gasteiger partial charge in [-0.2, -0.15) is 0 Å². The van der Waals surface area contributed by atoms with Gasteiger partial charge in [0.2, 0.25) is 5.91 Å². The zero-order valence-corrected chi connectivity index (χ0v) is 23.0. The number of thioether (sulfide) groups is 1. The second kappa shape index (κ2) is 9.85.